The van der Waals surface area contributed by atoms with Crippen molar-refractivity contribution in [1.82, 2.24) is 25.0 Å². The van der Waals surface area contributed by atoms with Gasteiger partial charge in [0.05, 0.1) is 0 Å². The zero-order chi connectivity index (χ0) is 19.3. The van der Waals surface area contributed by atoms with Gasteiger partial charge in [-0.3, -0.25) is 14.3 Å². The second kappa shape index (κ2) is 8.31. The fourth-order valence-corrected chi connectivity index (χ4v) is 3.54. The molecule has 0 unspecified atom stereocenters. The SMILES string of the molecule is O=C(NC1CCN(Cc2cccc(F)c2)CC1)c1cccc(-n2cnnc2)c1. The van der Waals surface area contributed by atoms with Crippen LogP contribution in [-0.2, 0) is 6.54 Å². The van der Waals surface area contributed by atoms with Crippen molar-refractivity contribution in [3.8, 4) is 5.69 Å². The minimum Gasteiger partial charge on any atom is -0.349 e. The van der Waals surface area contributed by atoms with Gasteiger partial charge in [0.15, 0.2) is 0 Å². The van der Waals surface area contributed by atoms with E-state index in [1.807, 2.05) is 30.3 Å². The first-order chi connectivity index (χ1) is 13.7. The van der Waals surface area contributed by atoms with E-state index < -0.39 is 0 Å². The number of carbonyl (C=O) groups excluding carboxylic acids is 1. The van der Waals surface area contributed by atoms with Gasteiger partial charge in [-0.05, 0) is 48.7 Å². The van der Waals surface area contributed by atoms with Gasteiger partial charge in [-0.25, -0.2) is 4.39 Å². The lowest BCUT2D eigenvalue weighted by molar-refractivity contribution is 0.0909. The number of rotatable bonds is 5. The van der Waals surface area contributed by atoms with Gasteiger partial charge < -0.3 is 5.32 Å². The lowest BCUT2D eigenvalue weighted by Gasteiger charge is -2.32. The van der Waals surface area contributed by atoms with Crippen molar-refractivity contribution < 1.29 is 9.18 Å². The molecular weight excluding hydrogens is 357 g/mol. The molecule has 6 nitrogen and oxygen atoms in total. The molecule has 3 aromatic rings. The summed E-state index contributed by atoms with van der Waals surface area (Å²) in [6.07, 6.45) is 4.97. The molecule has 0 bridgehead atoms. The van der Waals surface area contributed by atoms with E-state index in [-0.39, 0.29) is 17.8 Å². The molecule has 0 radical (unpaired) electrons. The van der Waals surface area contributed by atoms with Crippen molar-refractivity contribution in [3.05, 3.63) is 78.1 Å². The number of hydrogen-bond donors (Lipinski definition) is 1. The Labute approximate surface area is 163 Å². The van der Waals surface area contributed by atoms with Crippen molar-refractivity contribution in [3.63, 3.8) is 0 Å². The van der Waals surface area contributed by atoms with Gasteiger partial charge in [0, 0.05) is 36.9 Å². The summed E-state index contributed by atoms with van der Waals surface area (Å²) in [7, 11) is 0. The Bertz CT molecular complexity index is 935. The van der Waals surface area contributed by atoms with Crippen LogP contribution >= 0.6 is 0 Å². The molecule has 1 fully saturated rings. The Hall–Kier alpha value is -3.06. The highest BCUT2D eigenvalue weighted by atomic mass is 19.1. The van der Waals surface area contributed by atoms with Crippen molar-refractivity contribution in [2.24, 2.45) is 0 Å². The summed E-state index contributed by atoms with van der Waals surface area (Å²) >= 11 is 0. The minimum absolute atomic E-state index is 0.0708. The standard InChI is InChI=1S/C21H22FN5O/c22-18-5-1-3-16(11-18)13-26-9-7-19(8-10-26)25-21(28)17-4-2-6-20(12-17)27-14-23-24-15-27/h1-6,11-12,14-15,19H,7-10,13H2,(H,25,28). The molecule has 2 heterocycles. The molecular formula is C21H22FN5O. The van der Waals surface area contributed by atoms with E-state index in [1.165, 1.54) is 6.07 Å². The summed E-state index contributed by atoms with van der Waals surface area (Å²) in [6, 6.07) is 14.3. The van der Waals surface area contributed by atoms with Crippen molar-refractivity contribution in [2.45, 2.75) is 25.4 Å². The first kappa shape index (κ1) is 18.3. The summed E-state index contributed by atoms with van der Waals surface area (Å²) in [5, 5.41) is 10.7. The van der Waals surface area contributed by atoms with Gasteiger partial charge in [-0.15, -0.1) is 10.2 Å². The van der Waals surface area contributed by atoms with E-state index in [0.29, 0.717) is 5.56 Å². The highest BCUT2D eigenvalue weighted by Gasteiger charge is 2.21. The van der Waals surface area contributed by atoms with E-state index in [0.717, 1.165) is 43.7 Å². The molecule has 1 saturated heterocycles. The molecule has 0 atom stereocenters. The van der Waals surface area contributed by atoms with Gasteiger partial charge >= 0.3 is 0 Å². The molecule has 1 aromatic heterocycles. The third-order valence-electron chi connectivity index (χ3n) is 5.04. The van der Waals surface area contributed by atoms with Crippen LogP contribution in [0.2, 0.25) is 0 Å². The average molecular weight is 379 g/mol. The van der Waals surface area contributed by atoms with E-state index >= 15 is 0 Å². The average Bonchev–Trinajstić information content (AvgIpc) is 3.25. The first-order valence-electron chi connectivity index (χ1n) is 9.40. The van der Waals surface area contributed by atoms with Crippen LogP contribution in [0.5, 0.6) is 0 Å². The first-order valence-corrected chi connectivity index (χ1v) is 9.40. The fourth-order valence-electron chi connectivity index (χ4n) is 3.54. The number of aromatic nitrogens is 3. The normalized spacial score (nSPS) is 15.5. The second-order valence-corrected chi connectivity index (χ2v) is 7.07. The van der Waals surface area contributed by atoms with Crippen LogP contribution in [0.4, 0.5) is 4.39 Å². The Morgan fingerprint density at radius 2 is 1.82 bits per heavy atom. The summed E-state index contributed by atoms with van der Waals surface area (Å²) in [4.78, 5) is 14.9. The summed E-state index contributed by atoms with van der Waals surface area (Å²) in [5.74, 6) is -0.271. The Morgan fingerprint density at radius 1 is 1.07 bits per heavy atom. The summed E-state index contributed by atoms with van der Waals surface area (Å²) in [5.41, 5.74) is 2.45. The molecule has 0 spiro atoms. The Balaban J connectivity index is 1.31. The number of piperidine rings is 1. The maximum atomic E-state index is 13.3. The quantitative estimate of drug-likeness (QED) is 0.741. The van der Waals surface area contributed by atoms with Crippen LogP contribution in [0, 0.1) is 5.82 Å². The zero-order valence-corrected chi connectivity index (χ0v) is 15.5. The Kier molecular flexibility index (Phi) is 5.43. The highest BCUT2D eigenvalue weighted by Crippen LogP contribution is 2.16. The van der Waals surface area contributed by atoms with E-state index in [9.17, 15) is 9.18 Å². The Morgan fingerprint density at radius 3 is 2.57 bits per heavy atom. The van der Waals surface area contributed by atoms with Crippen LogP contribution in [0.25, 0.3) is 5.69 Å². The number of nitrogens with zero attached hydrogens (tertiary/aromatic N) is 4. The molecule has 1 N–H and O–H groups in total. The van der Waals surface area contributed by atoms with Gasteiger partial charge in [-0.2, -0.15) is 0 Å². The van der Waals surface area contributed by atoms with E-state index in [4.69, 9.17) is 0 Å². The largest absolute Gasteiger partial charge is 0.349 e. The third-order valence-corrected chi connectivity index (χ3v) is 5.04. The monoisotopic (exact) mass is 379 g/mol. The molecule has 1 aliphatic heterocycles. The zero-order valence-electron chi connectivity index (χ0n) is 15.5. The third kappa shape index (κ3) is 4.43. The predicted molar refractivity (Wildman–Crippen MR) is 104 cm³/mol. The molecule has 0 aliphatic carbocycles. The molecule has 28 heavy (non-hydrogen) atoms. The van der Waals surface area contributed by atoms with Crippen molar-refractivity contribution in [1.29, 1.82) is 0 Å². The topological polar surface area (TPSA) is 63.1 Å². The van der Waals surface area contributed by atoms with Crippen LogP contribution in [0.1, 0.15) is 28.8 Å². The maximum Gasteiger partial charge on any atom is 0.251 e. The number of amides is 1. The number of carbonyl (C=O) groups is 1. The second-order valence-electron chi connectivity index (χ2n) is 7.07. The van der Waals surface area contributed by atoms with Crippen LogP contribution in [-0.4, -0.2) is 44.7 Å². The van der Waals surface area contributed by atoms with Gasteiger partial charge in [0.2, 0.25) is 0 Å². The molecule has 0 saturated carbocycles. The lowest BCUT2D eigenvalue weighted by atomic mass is 10.0. The summed E-state index contributed by atoms with van der Waals surface area (Å²) in [6.45, 7) is 2.49. The van der Waals surface area contributed by atoms with E-state index in [1.54, 1.807) is 29.4 Å². The number of hydrogen-bond acceptors (Lipinski definition) is 4. The predicted octanol–water partition coefficient (Wildman–Crippen LogP) is 2.80. The van der Waals surface area contributed by atoms with E-state index in [2.05, 4.69) is 20.4 Å². The molecule has 4 rings (SSSR count). The molecule has 1 amide bonds. The number of nitrogens with one attached hydrogen (secondary N) is 1. The number of halogens is 1. The molecule has 2 aromatic carbocycles. The van der Waals surface area contributed by atoms with Crippen LogP contribution < -0.4 is 5.32 Å². The van der Waals surface area contributed by atoms with Gasteiger partial charge in [0.1, 0.15) is 18.5 Å². The van der Waals surface area contributed by atoms with Gasteiger partial charge in [0.25, 0.3) is 5.91 Å². The fraction of sp³-hybridized carbons (Fsp3) is 0.286. The molecule has 7 heteroatoms. The maximum absolute atomic E-state index is 13.3. The molecule has 1 aliphatic rings. The van der Waals surface area contributed by atoms with Crippen molar-refractivity contribution in [2.75, 3.05) is 13.1 Å². The van der Waals surface area contributed by atoms with Crippen LogP contribution in [0.15, 0.2) is 61.2 Å². The van der Waals surface area contributed by atoms with Gasteiger partial charge in [-0.1, -0.05) is 18.2 Å². The smallest absolute Gasteiger partial charge is 0.251 e. The lowest BCUT2D eigenvalue weighted by Crippen LogP contribution is -2.44. The van der Waals surface area contributed by atoms with Crippen molar-refractivity contribution >= 4 is 5.91 Å². The molecule has 144 valence electrons. The summed E-state index contributed by atoms with van der Waals surface area (Å²) < 4.78 is 15.1. The van der Waals surface area contributed by atoms with Crippen LogP contribution in [0.3, 0.4) is 0 Å². The minimum atomic E-state index is -0.201. The number of likely N-dealkylation sites (tertiary alicyclic amines) is 1. The highest BCUT2D eigenvalue weighted by molar-refractivity contribution is 5.94. The number of benzene rings is 2.